The Morgan fingerprint density at radius 1 is 1.21 bits per heavy atom. The summed E-state index contributed by atoms with van der Waals surface area (Å²) in [4.78, 5) is 31.5. The van der Waals surface area contributed by atoms with Crippen molar-refractivity contribution in [2.45, 2.75) is 37.6 Å². The largest absolute Gasteiger partial charge is 0.345 e. The third-order valence-corrected chi connectivity index (χ3v) is 6.71. The van der Waals surface area contributed by atoms with Crippen LogP contribution < -0.4 is 11.0 Å². The summed E-state index contributed by atoms with van der Waals surface area (Å²) in [5.41, 5.74) is 0.908. The van der Waals surface area contributed by atoms with Crippen LogP contribution in [0, 0.1) is 0 Å². The summed E-state index contributed by atoms with van der Waals surface area (Å²) >= 11 is 1.49. The molecule has 1 amide bonds. The molecule has 8 nitrogen and oxygen atoms in total. The zero-order chi connectivity index (χ0) is 20.0. The summed E-state index contributed by atoms with van der Waals surface area (Å²) in [6.07, 6.45) is 3.97. The van der Waals surface area contributed by atoms with Crippen LogP contribution in [0.15, 0.2) is 29.1 Å². The second kappa shape index (κ2) is 7.38. The van der Waals surface area contributed by atoms with Crippen molar-refractivity contribution in [3.8, 4) is 0 Å². The summed E-state index contributed by atoms with van der Waals surface area (Å²) in [5.74, 6) is 1.18. The van der Waals surface area contributed by atoms with Crippen molar-refractivity contribution in [2.75, 3.05) is 25.0 Å². The van der Waals surface area contributed by atoms with Gasteiger partial charge in [-0.15, -0.1) is 0 Å². The van der Waals surface area contributed by atoms with Crippen LogP contribution in [0.1, 0.15) is 43.5 Å². The van der Waals surface area contributed by atoms with E-state index in [1.807, 2.05) is 28.8 Å². The quantitative estimate of drug-likeness (QED) is 0.695. The fourth-order valence-electron chi connectivity index (χ4n) is 4.09. The molecule has 152 valence electrons. The fraction of sp³-hybridized carbons (Fsp3) is 0.500. The van der Waals surface area contributed by atoms with E-state index >= 15 is 0 Å². The van der Waals surface area contributed by atoms with E-state index in [0.29, 0.717) is 17.7 Å². The van der Waals surface area contributed by atoms with Gasteiger partial charge >= 0.3 is 5.69 Å². The molecular weight excluding hydrogens is 388 g/mol. The van der Waals surface area contributed by atoms with Crippen molar-refractivity contribution in [3.63, 3.8) is 0 Å². The maximum Gasteiger partial charge on any atom is 0.345 e. The predicted octanol–water partition coefficient (Wildman–Crippen LogP) is 2.34. The number of carbonyl (C=O) groups is 1. The Bertz CT molecular complexity index is 1070. The molecule has 0 spiro atoms. The number of hydrogen-bond acceptors (Lipinski definition) is 6. The number of amides is 1. The third-order valence-electron chi connectivity index (χ3n) is 5.75. The number of piperidine rings is 1. The lowest BCUT2D eigenvalue weighted by Crippen LogP contribution is -2.39. The van der Waals surface area contributed by atoms with Crippen LogP contribution >= 0.6 is 11.3 Å². The maximum absolute atomic E-state index is 12.5. The summed E-state index contributed by atoms with van der Waals surface area (Å²) < 4.78 is 4.44. The molecule has 3 aromatic rings. The summed E-state index contributed by atoms with van der Waals surface area (Å²) in [6.45, 7) is 2.01. The number of benzene rings is 1. The summed E-state index contributed by atoms with van der Waals surface area (Å²) in [6, 6.07) is 8.21. The van der Waals surface area contributed by atoms with E-state index in [1.165, 1.54) is 16.0 Å². The Hall–Kier alpha value is -2.52. The van der Waals surface area contributed by atoms with Crippen LogP contribution in [0.5, 0.6) is 0 Å². The SMILES string of the molecule is Cn1nc(C2CCN(CC(=O)Nc3nc4ccccc4s3)CC2)n(C2CC2)c1=O. The normalized spacial score (nSPS) is 18.4. The van der Waals surface area contributed by atoms with Gasteiger partial charge in [-0.05, 0) is 50.9 Å². The van der Waals surface area contributed by atoms with E-state index in [-0.39, 0.29) is 17.5 Å². The van der Waals surface area contributed by atoms with Crippen LogP contribution in [0.3, 0.4) is 0 Å². The van der Waals surface area contributed by atoms with Gasteiger partial charge in [-0.2, -0.15) is 5.10 Å². The molecule has 2 fully saturated rings. The standard InChI is InChI=1S/C20H24N6O2S/c1-24-20(28)26(14-6-7-14)18(23-24)13-8-10-25(11-9-13)12-17(27)22-19-21-15-4-2-3-5-16(15)29-19/h2-5,13-14H,6-12H2,1H3,(H,21,22,27). The summed E-state index contributed by atoms with van der Waals surface area (Å²) in [7, 11) is 1.73. The van der Waals surface area contributed by atoms with Gasteiger partial charge in [0.05, 0.1) is 16.8 Å². The molecule has 1 saturated carbocycles. The minimum absolute atomic E-state index is 0.000132. The average Bonchev–Trinajstić information content (AvgIpc) is 3.39. The first-order chi connectivity index (χ1) is 14.1. The highest BCUT2D eigenvalue weighted by molar-refractivity contribution is 7.22. The minimum Gasteiger partial charge on any atom is -0.301 e. The van der Waals surface area contributed by atoms with Crippen LogP contribution in [-0.4, -0.2) is 49.8 Å². The zero-order valence-corrected chi connectivity index (χ0v) is 17.2. The molecule has 0 unspecified atom stereocenters. The summed E-state index contributed by atoms with van der Waals surface area (Å²) in [5, 5.41) is 8.10. The number of para-hydroxylation sites is 1. The van der Waals surface area contributed by atoms with E-state index < -0.39 is 0 Å². The molecule has 9 heteroatoms. The first kappa shape index (κ1) is 18.5. The lowest BCUT2D eigenvalue weighted by atomic mass is 9.96. The van der Waals surface area contributed by atoms with Crippen molar-refractivity contribution < 1.29 is 4.79 Å². The number of fused-ring (bicyclic) bond motifs is 1. The van der Waals surface area contributed by atoms with E-state index in [1.54, 1.807) is 7.05 Å². The van der Waals surface area contributed by atoms with Crippen LogP contribution in [0.2, 0.25) is 0 Å². The predicted molar refractivity (Wildman–Crippen MR) is 112 cm³/mol. The van der Waals surface area contributed by atoms with Gasteiger partial charge in [-0.3, -0.25) is 14.3 Å². The number of anilines is 1. The second-order valence-electron chi connectivity index (χ2n) is 7.95. The first-order valence-electron chi connectivity index (χ1n) is 10.1. The van der Waals surface area contributed by atoms with Crippen molar-refractivity contribution >= 4 is 32.6 Å². The van der Waals surface area contributed by atoms with Gasteiger partial charge in [-0.1, -0.05) is 23.5 Å². The van der Waals surface area contributed by atoms with Crippen LogP contribution in [-0.2, 0) is 11.8 Å². The molecule has 3 heterocycles. The number of carbonyl (C=O) groups excluding carboxylic acids is 1. The number of rotatable bonds is 5. The molecular formula is C20H24N6O2S. The number of aryl methyl sites for hydroxylation is 1. The van der Waals surface area contributed by atoms with Gasteiger partial charge in [0, 0.05) is 19.0 Å². The van der Waals surface area contributed by atoms with Gasteiger partial charge < -0.3 is 5.32 Å². The Morgan fingerprint density at radius 2 is 1.97 bits per heavy atom. The highest BCUT2D eigenvalue weighted by Crippen LogP contribution is 2.37. The molecule has 2 aliphatic rings. The van der Waals surface area contributed by atoms with Crippen molar-refractivity contribution in [1.29, 1.82) is 0 Å². The first-order valence-corrected chi connectivity index (χ1v) is 10.9. The fourth-order valence-corrected chi connectivity index (χ4v) is 4.97. The van der Waals surface area contributed by atoms with E-state index in [0.717, 1.165) is 54.8 Å². The number of likely N-dealkylation sites (tertiary alicyclic amines) is 1. The van der Waals surface area contributed by atoms with Crippen LogP contribution in [0.25, 0.3) is 10.2 Å². The van der Waals surface area contributed by atoms with Gasteiger partial charge in [0.25, 0.3) is 0 Å². The Labute approximate surface area is 172 Å². The van der Waals surface area contributed by atoms with Crippen LogP contribution in [0.4, 0.5) is 5.13 Å². The molecule has 1 N–H and O–H groups in total. The molecule has 29 heavy (non-hydrogen) atoms. The Morgan fingerprint density at radius 3 is 2.69 bits per heavy atom. The molecule has 5 rings (SSSR count). The number of aromatic nitrogens is 4. The number of nitrogens with zero attached hydrogens (tertiary/aromatic N) is 5. The highest BCUT2D eigenvalue weighted by atomic mass is 32.1. The lowest BCUT2D eigenvalue weighted by Gasteiger charge is -2.30. The number of hydrogen-bond donors (Lipinski definition) is 1. The molecule has 1 saturated heterocycles. The zero-order valence-electron chi connectivity index (χ0n) is 16.4. The van der Waals surface area contributed by atoms with Gasteiger partial charge in [0.15, 0.2) is 5.13 Å². The smallest absolute Gasteiger partial charge is 0.301 e. The van der Waals surface area contributed by atoms with Crippen molar-refractivity contribution in [1.82, 2.24) is 24.2 Å². The molecule has 1 aromatic carbocycles. The lowest BCUT2D eigenvalue weighted by molar-refractivity contribution is -0.117. The van der Waals surface area contributed by atoms with E-state index in [2.05, 4.69) is 20.3 Å². The minimum atomic E-state index is -0.0322. The number of nitrogens with one attached hydrogen (secondary N) is 1. The second-order valence-corrected chi connectivity index (χ2v) is 8.98. The molecule has 0 atom stereocenters. The highest BCUT2D eigenvalue weighted by Gasteiger charge is 2.33. The Balaban J connectivity index is 1.18. The monoisotopic (exact) mass is 412 g/mol. The van der Waals surface area contributed by atoms with Crippen molar-refractivity contribution in [3.05, 3.63) is 40.6 Å². The Kier molecular flexibility index (Phi) is 4.71. The van der Waals surface area contributed by atoms with Crippen molar-refractivity contribution in [2.24, 2.45) is 7.05 Å². The molecule has 1 aliphatic heterocycles. The third kappa shape index (κ3) is 3.72. The van der Waals surface area contributed by atoms with E-state index in [9.17, 15) is 9.59 Å². The topological polar surface area (TPSA) is 85.1 Å². The molecule has 0 radical (unpaired) electrons. The average molecular weight is 413 g/mol. The molecule has 1 aliphatic carbocycles. The molecule has 0 bridgehead atoms. The van der Waals surface area contributed by atoms with E-state index in [4.69, 9.17) is 0 Å². The van der Waals surface area contributed by atoms with Gasteiger partial charge in [0.1, 0.15) is 5.82 Å². The van der Waals surface area contributed by atoms with Gasteiger partial charge in [0.2, 0.25) is 5.91 Å². The number of thiazole rings is 1. The molecule has 2 aromatic heterocycles. The van der Waals surface area contributed by atoms with Gasteiger partial charge in [-0.25, -0.2) is 14.5 Å². The maximum atomic E-state index is 12.5.